The van der Waals surface area contributed by atoms with Crippen molar-refractivity contribution in [2.24, 2.45) is 0 Å². The van der Waals surface area contributed by atoms with E-state index in [4.69, 9.17) is 11.6 Å². The fourth-order valence-electron chi connectivity index (χ4n) is 2.38. The smallest absolute Gasteiger partial charge is 0.394 e. The summed E-state index contributed by atoms with van der Waals surface area (Å²) >= 11 is 5.91. The maximum absolute atomic E-state index is 12.9. The first-order chi connectivity index (χ1) is 14.3. The van der Waals surface area contributed by atoms with Crippen molar-refractivity contribution in [1.82, 2.24) is 9.97 Å². The van der Waals surface area contributed by atoms with Crippen molar-refractivity contribution in [2.45, 2.75) is 26.4 Å². The molecule has 0 fully saturated rings. The molecular formula is C18H22ClF2N5O4S. The summed E-state index contributed by atoms with van der Waals surface area (Å²) in [6.45, 7) is 2.66. The van der Waals surface area contributed by atoms with E-state index in [1.54, 1.807) is 13.0 Å². The number of halogens is 3. The highest BCUT2D eigenvalue weighted by molar-refractivity contribution is 7.90. The lowest BCUT2D eigenvalue weighted by atomic mass is 10.3. The van der Waals surface area contributed by atoms with Crippen LogP contribution in [0.5, 0.6) is 5.75 Å². The predicted molar refractivity (Wildman–Crippen MR) is 115 cm³/mol. The minimum absolute atomic E-state index is 0.0137. The quantitative estimate of drug-likeness (QED) is 0.468. The number of ether oxygens (including phenoxy) is 1. The van der Waals surface area contributed by atoms with Crippen LogP contribution in [0.2, 0.25) is 5.02 Å². The molecule has 13 heteroatoms. The van der Waals surface area contributed by atoms with Gasteiger partial charge in [0.2, 0.25) is 5.95 Å². The average molecular weight is 478 g/mol. The molecule has 0 atom stereocenters. The number of amides is 2. The van der Waals surface area contributed by atoms with E-state index in [-0.39, 0.29) is 28.2 Å². The highest BCUT2D eigenvalue weighted by Crippen LogP contribution is 2.31. The maximum atomic E-state index is 12.9. The molecule has 0 aliphatic carbocycles. The van der Waals surface area contributed by atoms with E-state index >= 15 is 0 Å². The van der Waals surface area contributed by atoms with E-state index in [0.29, 0.717) is 31.4 Å². The van der Waals surface area contributed by atoms with Gasteiger partial charge >= 0.3 is 12.1 Å². The minimum atomic E-state index is -3.39. The fourth-order valence-corrected chi connectivity index (χ4v) is 3.27. The molecule has 0 bridgehead atoms. The number of hydrogen-bond acceptors (Lipinski definition) is 7. The number of nitrogens with one attached hydrogen (secondary N) is 3. The first-order valence-corrected chi connectivity index (χ1v) is 11.5. The van der Waals surface area contributed by atoms with Crippen LogP contribution in [0.25, 0.3) is 0 Å². The van der Waals surface area contributed by atoms with E-state index < -0.39 is 22.0 Å². The number of urea groups is 1. The lowest BCUT2D eigenvalue weighted by Gasteiger charge is -2.15. The molecule has 0 aliphatic rings. The summed E-state index contributed by atoms with van der Waals surface area (Å²) in [5.74, 6) is 0.245. The molecule has 2 rings (SSSR count). The molecule has 170 valence electrons. The number of nitrogens with zero attached hydrogens (tertiary/aromatic N) is 2. The SMILES string of the molecule is Cc1cc(NCCCS(C)(=O)=O)nc(NC(=O)Nc2ccc(OC(C)(F)F)c(Cl)c2)n1. The van der Waals surface area contributed by atoms with Gasteiger partial charge in [-0.05, 0) is 31.5 Å². The van der Waals surface area contributed by atoms with Crippen LogP contribution in [-0.4, -0.2) is 49.1 Å². The standard InChI is InChI=1S/C18H22ClF2N5O4S/c1-11-9-15(22-7-4-8-31(3,28)29)25-16(23-11)26-17(27)24-12-5-6-14(13(19)10-12)30-18(2,20)21/h5-6,9-10H,4,7-8H2,1-3H3,(H3,22,23,24,25,26,27). The summed E-state index contributed by atoms with van der Waals surface area (Å²) in [6.07, 6.45) is -1.83. The van der Waals surface area contributed by atoms with Crippen molar-refractivity contribution in [3.63, 3.8) is 0 Å². The second-order valence-corrected chi connectivity index (χ2v) is 9.43. The van der Waals surface area contributed by atoms with Crippen molar-refractivity contribution < 1.29 is 26.7 Å². The predicted octanol–water partition coefficient (Wildman–Crippen LogP) is 3.92. The second-order valence-electron chi connectivity index (χ2n) is 6.76. The van der Waals surface area contributed by atoms with Crippen LogP contribution in [-0.2, 0) is 9.84 Å². The number of alkyl halides is 2. The lowest BCUT2D eigenvalue weighted by Crippen LogP contribution is -2.22. The summed E-state index contributed by atoms with van der Waals surface area (Å²) in [4.78, 5) is 20.5. The second kappa shape index (κ2) is 10.1. The lowest BCUT2D eigenvalue weighted by molar-refractivity contribution is -0.158. The van der Waals surface area contributed by atoms with Gasteiger partial charge in [-0.25, -0.2) is 18.2 Å². The number of aromatic nitrogens is 2. The van der Waals surface area contributed by atoms with Gasteiger partial charge in [-0.2, -0.15) is 13.8 Å². The third kappa shape index (κ3) is 9.30. The van der Waals surface area contributed by atoms with Crippen molar-refractivity contribution >= 4 is 44.9 Å². The Morgan fingerprint density at radius 2 is 1.94 bits per heavy atom. The molecule has 0 saturated heterocycles. The van der Waals surface area contributed by atoms with Crippen molar-refractivity contribution in [2.75, 3.05) is 34.5 Å². The van der Waals surface area contributed by atoms with Gasteiger partial charge in [0.25, 0.3) is 0 Å². The molecule has 31 heavy (non-hydrogen) atoms. The summed E-state index contributed by atoms with van der Waals surface area (Å²) in [5, 5.41) is 7.81. The van der Waals surface area contributed by atoms with Crippen LogP contribution in [0.3, 0.4) is 0 Å². The summed E-state index contributed by atoms with van der Waals surface area (Å²) in [6, 6.07) is 4.77. The van der Waals surface area contributed by atoms with Crippen LogP contribution in [0.4, 0.5) is 31.0 Å². The highest BCUT2D eigenvalue weighted by atomic mass is 35.5. The third-order valence-electron chi connectivity index (χ3n) is 3.56. The molecule has 3 N–H and O–H groups in total. The number of benzene rings is 1. The van der Waals surface area contributed by atoms with Gasteiger partial charge in [0.05, 0.1) is 10.8 Å². The van der Waals surface area contributed by atoms with E-state index in [0.717, 1.165) is 6.26 Å². The first-order valence-electron chi connectivity index (χ1n) is 9.02. The van der Waals surface area contributed by atoms with Crippen molar-refractivity contribution in [3.05, 3.63) is 35.0 Å². The van der Waals surface area contributed by atoms with Gasteiger partial charge in [0.1, 0.15) is 21.4 Å². The largest absolute Gasteiger partial charge is 0.431 e. The summed E-state index contributed by atoms with van der Waals surface area (Å²) in [5.41, 5.74) is 0.807. The Hall–Kier alpha value is -2.73. The Labute approximate surface area is 183 Å². The molecular weight excluding hydrogens is 456 g/mol. The zero-order chi connectivity index (χ0) is 23.2. The van der Waals surface area contributed by atoms with Gasteiger partial charge in [-0.3, -0.25) is 5.32 Å². The summed E-state index contributed by atoms with van der Waals surface area (Å²) in [7, 11) is -3.05. The zero-order valence-corrected chi connectivity index (χ0v) is 18.6. The van der Waals surface area contributed by atoms with Gasteiger partial charge in [0, 0.05) is 37.2 Å². The molecule has 1 aromatic carbocycles. The number of anilines is 3. The molecule has 9 nitrogen and oxygen atoms in total. The molecule has 1 heterocycles. The van der Waals surface area contributed by atoms with Crippen molar-refractivity contribution in [1.29, 1.82) is 0 Å². The molecule has 1 aromatic heterocycles. The number of carbonyl (C=O) groups is 1. The van der Waals surface area contributed by atoms with Gasteiger partial charge < -0.3 is 15.4 Å². The van der Waals surface area contributed by atoms with E-state index in [2.05, 4.69) is 30.7 Å². The Bertz CT molecular complexity index is 1050. The molecule has 2 aromatic rings. The molecule has 2 amide bonds. The first kappa shape index (κ1) is 24.5. The molecule has 0 saturated carbocycles. The Morgan fingerprint density at radius 1 is 1.23 bits per heavy atom. The van der Waals surface area contributed by atoms with E-state index in [1.165, 1.54) is 18.2 Å². The normalized spacial score (nSPS) is 11.7. The van der Waals surface area contributed by atoms with Gasteiger partial charge in [-0.15, -0.1) is 0 Å². The number of aryl methyl sites for hydroxylation is 1. The Balaban J connectivity index is 1.97. The molecule has 0 spiro atoms. The van der Waals surface area contributed by atoms with Crippen LogP contribution >= 0.6 is 11.6 Å². The topological polar surface area (TPSA) is 122 Å². The van der Waals surface area contributed by atoms with E-state index in [1.807, 2.05) is 0 Å². The van der Waals surface area contributed by atoms with E-state index in [9.17, 15) is 22.0 Å². The summed E-state index contributed by atoms with van der Waals surface area (Å²) < 4.78 is 52.7. The number of rotatable bonds is 9. The average Bonchev–Trinajstić information content (AvgIpc) is 2.59. The van der Waals surface area contributed by atoms with Crippen LogP contribution in [0.1, 0.15) is 19.0 Å². The molecule has 0 radical (unpaired) electrons. The Kier molecular flexibility index (Phi) is 7.96. The number of hydrogen-bond donors (Lipinski definition) is 3. The molecule has 0 aliphatic heterocycles. The number of carbonyl (C=O) groups excluding carboxylic acids is 1. The van der Waals surface area contributed by atoms with Gasteiger partial charge in [-0.1, -0.05) is 11.6 Å². The van der Waals surface area contributed by atoms with Crippen molar-refractivity contribution in [3.8, 4) is 5.75 Å². The van der Waals surface area contributed by atoms with Crippen LogP contribution in [0.15, 0.2) is 24.3 Å². The van der Waals surface area contributed by atoms with Crippen LogP contribution < -0.4 is 20.7 Å². The minimum Gasteiger partial charge on any atom is -0.431 e. The fraction of sp³-hybridized carbons (Fsp3) is 0.389. The zero-order valence-electron chi connectivity index (χ0n) is 17.0. The number of sulfone groups is 1. The van der Waals surface area contributed by atoms with Crippen LogP contribution in [0, 0.1) is 6.92 Å². The Morgan fingerprint density at radius 3 is 2.55 bits per heavy atom. The maximum Gasteiger partial charge on any atom is 0.394 e. The highest BCUT2D eigenvalue weighted by Gasteiger charge is 2.24. The van der Waals surface area contributed by atoms with Gasteiger partial charge in [0.15, 0.2) is 0 Å². The monoisotopic (exact) mass is 477 g/mol. The third-order valence-corrected chi connectivity index (χ3v) is 4.88. The molecule has 0 unspecified atom stereocenters.